The first-order chi connectivity index (χ1) is 13.4. The van der Waals surface area contributed by atoms with Crippen molar-refractivity contribution in [3.8, 4) is 0 Å². The van der Waals surface area contributed by atoms with E-state index in [2.05, 4.69) is 10.3 Å². The summed E-state index contributed by atoms with van der Waals surface area (Å²) in [5.74, 6) is -0.584. The Kier molecular flexibility index (Phi) is 6.07. The number of rotatable bonds is 5. The van der Waals surface area contributed by atoms with Crippen molar-refractivity contribution < 1.29 is 14.0 Å². The van der Waals surface area contributed by atoms with Crippen molar-refractivity contribution in [3.63, 3.8) is 0 Å². The Hall–Kier alpha value is -2.76. The lowest BCUT2D eigenvalue weighted by Gasteiger charge is -2.36. The molecule has 1 aliphatic rings. The molecule has 1 N–H and O–H groups in total. The van der Waals surface area contributed by atoms with Gasteiger partial charge in [-0.25, -0.2) is 4.39 Å². The van der Waals surface area contributed by atoms with Crippen LogP contribution in [0.5, 0.6) is 0 Å². The van der Waals surface area contributed by atoms with Gasteiger partial charge in [-0.1, -0.05) is 31.4 Å². The van der Waals surface area contributed by atoms with Gasteiger partial charge >= 0.3 is 0 Å². The minimum atomic E-state index is -0.568. The fourth-order valence-corrected chi connectivity index (χ4v) is 3.87. The van der Waals surface area contributed by atoms with Crippen LogP contribution in [0, 0.1) is 11.2 Å². The SMILES string of the molecule is CN(C)C(=O)c1cc(NC(=O)C2(Cc3cccc(F)c3)CCCCC2)ccn1. The van der Waals surface area contributed by atoms with Crippen LogP contribution in [0.3, 0.4) is 0 Å². The Balaban J connectivity index is 1.82. The lowest BCUT2D eigenvalue weighted by atomic mass is 9.69. The van der Waals surface area contributed by atoms with Crippen LogP contribution in [-0.4, -0.2) is 35.8 Å². The van der Waals surface area contributed by atoms with Gasteiger partial charge in [-0.3, -0.25) is 14.6 Å². The zero-order chi connectivity index (χ0) is 20.1. The number of amides is 2. The second kappa shape index (κ2) is 8.50. The molecule has 148 valence electrons. The van der Waals surface area contributed by atoms with Crippen LogP contribution in [0.25, 0.3) is 0 Å². The molecule has 1 saturated carbocycles. The van der Waals surface area contributed by atoms with Gasteiger partial charge in [0.05, 0.1) is 5.41 Å². The lowest BCUT2D eigenvalue weighted by Crippen LogP contribution is -2.40. The normalized spacial score (nSPS) is 15.7. The molecule has 1 aromatic heterocycles. The summed E-state index contributed by atoms with van der Waals surface area (Å²) < 4.78 is 13.6. The van der Waals surface area contributed by atoms with E-state index in [9.17, 15) is 14.0 Å². The number of aromatic nitrogens is 1. The van der Waals surface area contributed by atoms with E-state index in [0.29, 0.717) is 12.1 Å². The van der Waals surface area contributed by atoms with Crippen LogP contribution in [0.4, 0.5) is 10.1 Å². The third-order valence-corrected chi connectivity index (χ3v) is 5.37. The Labute approximate surface area is 165 Å². The first-order valence-corrected chi connectivity index (χ1v) is 9.63. The fourth-order valence-electron chi connectivity index (χ4n) is 3.87. The summed E-state index contributed by atoms with van der Waals surface area (Å²) in [6.45, 7) is 0. The molecule has 0 unspecified atom stereocenters. The third-order valence-electron chi connectivity index (χ3n) is 5.37. The number of carbonyl (C=O) groups is 2. The molecule has 0 spiro atoms. The standard InChI is InChI=1S/C22H26FN3O2/c1-26(2)20(27)19-14-18(9-12-24-19)25-21(28)22(10-4-3-5-11-22)15-16-7-6-8-17(23)13-16/h6-9,12-14H,3-5,10-11,15H2,1-2H3,(H,24,25,28). The van der Waals surface area contributed by atoms with Crippen molar-refractivity contribution in [1.29, 1.82) is 0 Å². The van der Waals surface area contributed by atoms with Gasteiger partial charge < -0.3 is 10.2 Å². The van der Waals surface area contributed by atoms with E-state index < -0.39 is 5.41 Å². The predicted octanol–water partition coefficient (Wildman–Crippen LogP) is 4.05. The van der Waals surface area contributed by atoms with Gasteiger partial charge in [0.2, 0.25) is 5.91 Å². The second-order valence-electron chi connectivity index (χ2n) is 7.73. The van der Waals surface area contributed by atoms with Gasteiger partial charge in [-0.05, 0) is 49.1 Å². The Morgan fingerprint density at radius 3 is 2.57 bits per heavy atom. The van der Waals surface area contributed by atoms with E-state index in [0.717, 1.165) is 37.7 Å². The van der Waals surface area contributed by atoms with Crippen molar-refractivity contribution in [3.05, 3.63) is 59.7 Å². The van der Waals surface area contributed by atoms with Crippen LogP contribution in [0.1, 0.15) is 48.2 Å². The second-order valence-corrected chi connectivity index (χ2v) is 7.73. The maximum absolute atomic E-state index is 13.6. The molecule has 6 heteroatoms. The van der Waals surface area contributed by atoms with Crippen LogP contribution >= 0.6 is 0 Å². The molecular weight excluding hydrogens is 357 g/mol. The number of halogens is 1. The van der Waals surface area contributed by atoms with Crippen molar-refractivity contribution in [2.24, 2.45) is 5.41 Å². The monoisotopic (exact) mass is 383 g/mol. The summed E-state index contributed by atoms with van der Waals surface area (Å²) in [4.78, 5) is 30.9. The molecule has 2 amide bonds. The average molecular weight is 383 g/mol. The van der Waals surface area contributed by atoms with E-state index in [4.69, 9.17) is 0 Å². The molecule has 0 atom stereocenters. The minimum absolute atomic E-state index is 0.0779. The first kappa shape index (κ1) is 20.0. The van der Waals surface area contributed by atoms with Crippen molar-refractivity contribution in [2.75, 3.05) is 19.4 Å². The summed E-state index contributed by atoms with van der Waals surface area (Å²) in [6.07, 6.45) is 6.62. The largest absolute Gasteiger partial charge is 0.343 e. The van der Waals surface area contributed by atoms with Gasteiger partial charge in [0.15, 0.2) is 0 Å². The summed E-state index contributed by atoms with van der Waals surface area (Å²) in [7, 11) is 3.32. The van der Waals surface area contributed by atoms with Crippen LogP contribution in [0.2, 0.25) is 0 Å². The molecule has 0 saturated heterocycles. The number of nitrogens with one attached hydrogen (secondary N) is 1. The lowest BCUT2D eigenvalue weighted by molar-refractivity contribution is -0.127. The summed E-state index contributed by atoms with van der Waals surface area (Å²) >= 11 is 0. The number of carbonyl (C=O) groups excluding carboxylic acids is 2. The molecule has 0 aliphatic heterocycles. The van der Waals surface area contributed by atoms with Gasteiger partial charge in [0, 0.05) is 26.0 Å². The Morgan fingerprint density at radius 2 is 1.89 bits per heavy atom. The molecule has 1 aromatic carbocycles. The molecule has 1 heterocycles. The van der Waals surface area contributed by atoms with Crippen molar-refractivity contribution >= 4 is 17.5 Å². The van der Waals surface area contributed by atoms with Gasteiger partial charge in [0.1, 0.15) is 11.5 Å². The molecule has 1 fully saturated rings. The maximum atomic E-state index is 13.6. The number of hydrogen-bond donors (Lipinski definition) is 1. The van der Waals surface area contributed by atoms with Crippen LogP contribution in [0.15, 0.2) is 42.6 Å². The first-order valence-electron chi connectivity index (χ1n) is 9.63. The summed E-state index contributed by atoms with van der Waals surface area (Å²) in [6, 6.07) is 9.75. The van der Waals surface area contributed by atoms with Gasteiger partial charge in [-0.15, -0.1) is 0 Å². The Bertz CT molecular complexity index is 860. The number of benzene rings is 1. The maximum Gasteiger partial charge on any atom is 0.272 e. The van der Waals surface area contributed by atoms with Gasteiger partial charge in [0.25, 0.3) is 5.91 Å². The third kappa shape index (κ3) is 4.55. The van der Waals surface area contributed by atoms with Crippen LogP contribution in [-0.2, 0) is 11.2 Å². The van der Waals surface area contributed by atoms with E-state index in [1.807, 2.05) is 6.07 Å². The number of nitrogens with zero attached hydrogens (tertiary/aromatic N) is 2. The van der Waals surface area contributed by atoms with Crippen molar-refractivity contribution in [2.45, 2.75) is 38.5 Å². The highest BCUT2D eigenvalue weighted by atomic mass is 19.1. The summed E-state index contributed by atoms with van der Waals surface area (Å²) in [5, 5.41) is 2.98. The Morgan fingerprint density at radius 1 is 1.14 bits per heavy atom. The smallest absolute Gasteiger partial charge is 0.272 e. The van der Waals surface area contributed by atoms with E-state index >= 15 is 0 Å². The molecule has 0 radical (unpaired) electrons. The number of anilines is 1. The van der Waals surface area contributed by atoms with Gasteiger partial charge in [-0.2, -0.15) is 0 Å². The van der Waals surface area contributed by atoms with E-state index in [-0.39, 0.29) is 23.3 Å². The highest BCUT2D eigenvalue weighted by Gasteiger charge is 2.39. The zero-order valence-electron chi connectivity index (χ0n) is 16.4. The van der Waals surface area contributed by atoms with Crippen molar-refractivity contribution in [1.82, 2.24) is 9.88 Å². The molecule has 1 aliphatic carbocycles. The highest BCUT2D eigenvalue weighted by Crippen LogP contribution is 2.40. The minimum Gasteiger partial charge on any atom is -0.343 e. The predicted molar refractivity (Wildman–Crippen MR) is 107 cm³/mol. The zero-order valence-corrected chi connectivity index (χ0v) is 16.4. The van der Waals surface area contributed by atoms with E-state index in [1.165, 1.54) is 23.2 Å². The molecular formula is C22H26FN3O2. The highest BCUT2D eigenvalue weighted by molar-refractivity contribution is 5.97. The van der Waals surface area contributed by atoms with E-state index in [1.54, 1.807) is 32.3 Å². The molecule has 5 nitrogen and oxygen atoms in total. The topological polar surface area (TPSA) is 62.3 Å². The average Bonchev–Trinajstić information content (AvgIpc) is 2.68. The fraction of sp³-hybridized carbons (Fsp3) is 0.409. The molecule has 28 heavy (non-hydrogen) atoms. The van der Waals surface area contributed by atoms with Crippen LogP contribution < -0.4 is 5.32 Å². The number of hydrogen-bond acceptors (Lipinski definition) is 3. The molecule has 2 aromatic rings. The summed E-state index contributed by atoms with van der Waals surface area (Å²) in [5.41, 5.74) is 1.09. The molecule has 0 bridgehead atoms. The number of pyridine rings is 1. The quantitative estimate of drug-likeness (QED) is 0.847. The molecule has 3 rings (SSSR count).